The van der Waals surface area contributed by atoms with E-state index in [0.717, 1.165) is 12.8 Å². The summed E-state index contributed by atoms with van der Waals surface area (Å²) in [6.45, 7) is 0. The molecule has 4 rings (SSSR count). The molecular formula is C21H23BN6O4. The second-order valence-corrected chi connectivity index (χ2v) is 7.48. The molecule has 2 aromatic heterocycles. The summed E-state index contributed by atoms with van der Waals surface area (Å²) in [7, 11) is -1.28. The molecule has 2 amide bonds. The van der Waals surface area contributed by atoms with Gasteiger partial charge in [-0.25, -0.2) is 9.97 Å². The van der Waals surface area contributed by atoms with Gasteiger partial charge in [-0.2, -0.15) is 4.73 Å². The topological polar surface area (TPSA) is 131 Å². The van der Waals surface area contributed by atoms with E-state index in [0.29, 0.717) is 12.2 Å². The van der Waals surface area contributed by atoms with E-state index in [4.69, 9.17) is 4.76 Å². The molecule has 1 aliphatic rings. The Bertz CT molecular complexity index is 1050. The standard InChI is InChI=1S/C21H23BN6O4/c29-20-16(26-21(30)17-14-23-9-10-24-17)13-19-25-11-12-28(19)32-22(31)18(27-20)8-4-7-15-5-2-1-3-6-15/h1-3,5-6,9-12,14,16,18,31H,4,7-8,13H2,(H,26,30)(H,27,29)/t16-,18+/m1/s1. The average molecular weight is 434 g/mol. The van der Waals surface area contributed by atoms with E-state index in [2.05, 4.69) is 25.6 Å². The molecule has 164 valence electrons. The smallest absolute Gasteiger partial charge is 0.444 e. The summed E-state index contributed by atoms with van der Waals surface area (Å²) in [5.74, 6) is -1.24. The van der Waals surface area contributed by atoms with Gasteiger partial charge in [0.05, 0.1) is 18.3 Å². The molecule has 0 aliphatic carbocycles. The number of fused-ring (bicyclic) bond motifs is 1. The first-order valence-corrected chi connectivity index (χ1v) is 10.4. The first-order valence-electron chi connectivity index (χ1n) is 10.4. The largest absolute Gasteiger partial charge is 0.568 e. The number of hydrogen-bond donors (Lipinski definition) is 3. The molecule has 0 bridgehead atoms. The van der Waals surface area contributed by atoms with Crippen LogP contribution in [-0.2, 0) is 17.6 Å². The van der Waals surface area contributed by atoms with Gasteiger partial charge in [-0.05, 0) is 24.8 Å². The van der Waals surface area contributed by atoms with Gasteiger partial charge in [0.1, 0.15) is 17.6 Å². The predicted molar refractivity (Wildman–Crippen MR) is 115 cm³/mol. The van der Waals surface area contributed by atoms with Crippen LogP contribution in [0.4, 0.5) is 0 Å². The van der Waals surface area contributed by atoms with Crippen LogP contribution in [0, 0.1) is 0 Å². The number of carbonyl (C=O) groups is 2. The molecule has 0 unspecified atom stereocenters. The molecule has 0 radical (unpaired) electrons. The zero-order valence-electron chi connectivity index (χ0n) is 17.3. The molecule has 1 aliphatic heterocycles. The molecule has 32 heavy (non-hydrogen) atoms. The average Bonchev–Trinajstić information content (AvgIpc) is 3.25. The van der Waals surface area contributed by atoms with Crippen molar-refractivity contribution in [2.24, 2.45) is 0 Å². The molecule has 0 spiro atoms. The summed E-state index contributed by atoms with van der Waals surface area (Å²) in [5, 5.41) is 16.1. The lowest BCUT2D eigenvalue weighted by Gasteiger charge is -2.22. The Balaban J connectivity index is 1.48. The Kier molecular flexibility index (Phi) is 6.76. The van der Waals surface area contributed by atoms with E-state index in [1.165, 1.54) is 35.1 Å². The molecule has 3 heterocycles. The number of amides is 2. The van der Waals surface area contributed by atoms with E-state index in [-0.39, 0.29) is 12.1 Å². The molecular weight excluding hydrogens is 411 g/mol. The SMILES string of the molecule is O=C(N[C@@H]1Cc2nccn2OB(O)[C@H](CCCc2ccccc2)NC1=O)c1cnccn1. The third kappa shape index (κ3) is 5.30. The van der Waals surface area contributed by atoms with Crippen LogP contribution in [-0.4, -0.2) is 55.6 Å². The molecule has 1 aromatic carbocycles. The summed E-state index contributed by atoms with van der Waals surface area (Å²) >= 11 is 0. The van der Waals surface area contributed by atoms with Crippen LogP contribution in [0.2, 0.25) is 0 Å². The van der Waals surface area contributed by atoms with Crippen LogP contribution in [0.5, 0.6) is 0 Å². The Morgan fingerprint density at radius 2 is 2.09 bits per heavy atom. The van der Waals surface area contributed by atoms with Crippen LogP contribution < -0.4 is 15.4 Å². The van der Waals surface area contributed by atoms with E-state index in [1.54, 1.807) is 6.20 Å². The van der Waals surface area contributed by atoms with Gasteiger partial charge in [-0.15, -0.1) is 0 Å². The number of aromatic nitrogens is 4. The fraction of sp³-hybridized carbons (Fsp3) is 0.286. The highest BCUT2D eigenvalue weighted by Gasteiger charge is 2.36. The summed E-state index contributed by atoms with van der Waals surface area (Å²) < 4.78 is 6.95. The van der Waals surface area contributed by atoms with E-state index < -0.39 is 30.9 Å². The predicted octanol–water partition coefficient (Wildman–Crippen LogP) is -0.0162. The highest BCUT2D eigenvalue weighted by atomic mass is 16.7. The van der Waals surface area contributed by atoms with Crippen molar-refractivity contribution in [3.8, 4) is 0 Å². The monoisotopic (exact) mass is 434 g/mol. The van der Waals surface area contributed by atoms with Gasteiger partial charge >= 0.3 is 7.12 Å². The second kappa shape index (κ2) is 10.1. The highest BCUT2D eigenvalue weighted by molar-refractivity contribution is 6.45. The Morgan fingerprint density at radius 3 is 2.88 bits per heavy atom. The molecule has 2 atom stereocenters. The number of nitrogens with one attached hydrogen (secondary N) is 2. The first-order chi connectivity index (χ1) is 15.6. The second-order valence-electron chi connectivity index (χ2n) is 7.48. The minimum atomic E-state index is -1.28. The minimum absolute atomic E-state index is 0.0777. The maximum absolute atomic E-state index is 13.0. The van der Waals surface area contributed by atoms with Gasteiger partial charge in [0.2, 0.25) is 5.91 Å². The summed E-state index contributed by atoms with van der Waals surface area (Å²) in [6.07, 6.45) is 9.32. The zero-order chi connectivity index (χ0) is 22.3. The number of aryl methyl sites for hydroxylation is 1. The molecule has 0 saturated carbocycles. The third-order valence-corrected chi connectivity index (χ3v) is 5.20. The van der Waals surface area contributed by atoms with Gasteiger partial charge in [-0.1, -0.05) is 30.3 Å². The van der Waals surface area contributed by atoms with Crippen LogP contribution >= 0.6 is 0 Å². The molecule has 10 nitrogen and oxygen atoms in total. The van der Waals surface area contributed by atoms with Gasteiger partial charge in [0.25, 0.3) is 5.91 Å². The van der Waals surface area contributed by atoms with Gasteiger partial charge in [0, 0.05) is 25.0 Å². The van der Waals surface area contributed by atoms with Gasteiger partial charge in [0.15, 0.2) is 0 Å². The van der Waals surface area contributed by atoms with Crippen LogP contribution in [0.1, 0.15) is 34.7 Å². The number of benzene rings is 1. The zero-order valence-corrected chi connectivity index (χ0v) is 17.3. The van der Waals surface area contributed by atoms with Crippen LogP contribution in [0.25, 0.3) is 0 Å². The van der Waals surface area contributed by atoms with Gasteiger partial charge < -0.3 is 20.4 Å². The molecule has 3 N–H and O–H groups in total. The van der Waals surface area contributed by atoms with Crippen molar-refractivity contribution in [3.05, 3.63) is 78.4 Å². The number of nitrogens with zero attached hydrogens (tertiary/aromatic N) is 4. The van der Waals surface area contributed by atoms with E-state index in [1.807, 2.05) is 30.3 Å². The molecule has 11 heteroatoms. The Morgan fingerprint density at radius 1 is 1.25 bits per heavy atom. The van der Waals surface area contributed by atoms with Crippen LogP contribution in [0.3, 0.4) is 0 Å². The van der Waals surface area contributed by atoms with E-state index in [9.17, 15) is 14.6 Å². The molecule has 3 aromatic rings. The lowest BCUT2D eigenvalue weighted by molar-refractivity contribution is -0.123. The van der Waals surface area contributed by atoms with Crippen molar-refractivity contribution in [1.82, 2.24) is 30.3 Å². The maximum atomic E-state index is 13.0. The fourth-order valence-electron chi connectivity index (χ4n) is 3.53. The molecule has 0 saturated heterocycles. The highest BCUT2D eigenvalue weighted by Crippen LogP contribution is 2.11. The van der Waals surface area contributed by atoms with E-state index >= 15 is 0 Å². The summed E-state index contributed by atoms with van der Waals surface area (Å²) in [4.78, 5) is 37.7. The lowest BCUT2D eigenvalue weighted by Crippen LogP contribution is -2.55. The molecule has 0 fully saturated rings. The van der Waals surface area contributed by atoms with Crippen LogP contribution in [0.15, 0.2) is 61.3 Å². The fourth-order valence-corrected chi connectivity index (χ4v) is 3.53. The number of hydrogen-bond acceptors (Lipinski definition) is 7. The summed E-state index contributed by atoms with van der Waals surface area (Å²) in [5.41, 5.74) is 1.27. The Hall–Kier alpha value is -3.73. The number of carbonyl (C=O) groups excluding carboxylic acids is 2. The minimum Gasteiger partial charge on any atom is -0.444 e. The normalized spacial score (nSPS) is 18.4. The van der Waals surface area contributed by atoms with Crippen molar-refractivity contribution < 1.29 is 19.4 Å². The summed E-state index contributed by atoms with van der Waals surface area (Å²) in [6, 6.07) is 9.03. The number of rotatable bonds is 6. The van der Waals surface area contributed by atoms with Crippen molar-refractivity contribution in [3.63, 3.8) is 0 Å². The Labute approximate surface area is 185 Å². The van der Waals surface area contributed by atoms with Crippen molar-refractivity contribution >= 4 is 18.9 Å². The first kappa shape index (κ1) is 21.5. The number of imidazole rings is 1. The lowest BCUT2D eigenvalue weighted by atomic mass is 9.76. The third-order valence-electron chi connectivity index (χ3n) is 5.20. The van der Waals surface area contributed by atoms with Crippen molar-refractivity contribution in [2.45, 2.75) is 37.7 Å². The van der Waals surface area contributed by atoms with Crippen molar-refractivity contribution in [1.29, 1.82) is 0 Å². The maximum Gasteiger partial charge on any atom is 0.568 e. The van der Waals surface area contributed by atoms with Crippen molar-refractivity contribution in [2.75, 3.05) is 0 Å². The van der Waals surface area contributed by atoms with Gasteiger partial charge in [-0.3, -0.25) is 14.6 Å². The quantitative estimate of drug-likeness (QED) is 0.465.